The number of aliphatic imine (C=N–C) groups is 1. The average Bonchev–Trinajstić information content (AvgIpc) is 1.86. The summed E-state index contributed by atoms with van der Waals surface area (Å²) in [6.45, 7) is 4.97. The van der Waals surface area contributed by atoms with Crippen molar-refractivity contribution < 1.29 is 9.53 Å². The maximum Gasteiger partial charge on any atom is 0.248 e. The van der Waals surface area contributed by atoms with Crippen LogP contribution >= 0.6 is 0 Å². The minimum Gasteiger partial charge on any atom is -0.375 e. The maximum atomic E-state index is 11.0. The molecule has 0 aromatic rings. The summed E-state index contributed by atoms with van der Waals surface area (Å²) in [5.74, 6) is 0.0346. The summed E-state index contributed by atoms with van der Waals surface area (Å²) in [7, 11) is 1.51. The van der Waals surface area contributed by atoms with Crippen LogP contribution in [0.4, 0.5) is 0 Å². The van der Waals surface area contributed by atoms with Gasteiger partial charge in [0.25, 0.3) is 0 Å². The quantitative estimate of drug-likeness (QED) is 0.519. The van der Waals surface area contributed by atoms with Gasteiger partial charge in [0.2, 0.25) is 5.91 Å². The Morgan fingerprint density at radius 1 is 1.82 bits per heavy atom. The molecule has 0 radical (unpaired) electrons. The fourth-order valence-electron chi connectivity index (χ4n) is 0.989. The molecule has 1 rings (SSSR count). The molecule has 0 unspecified atom stereocenters. The molecule has 1 saturated heterocycles. The van der Waals surface area contributed by atoms with Gasteiger partial charge in [-0.1, -0.05) is 0 Å². The lowest BCUT2D eigenvalue weighted by Crippen LogP contribution is -2.53. The zero-order valence-electron chi connectivity index (χ0n) is 6.62. The Kier molecular flexibility index (Phi) is 2.59. The van der Waals surface area contributed by atoms with Crippen molar-refractivity contribution in [3.05, 3.63) is 0 Å². The Morgan fingerprint density at radius 2 is 2.45 bits per heavy atom. The van der Waals surface area contributed by atoms with Gasteiger partial charge in [0.05, 0.1) is 6.04 Å². The Balaban J connectivity index is 2.20. The predicted molar refractivity (Wildman–Crippen MR) is 41.8 cm³/mol. The Bertz CT molecular complexity index is 164. The second-order valence-electron chi connectivity index (χ2n) is 2.57. The van der Waals surface area contributed by atoms with Gasteiger partial charge in [0.1, 0.15) is 6.61 Å². The highest BCUT2D eigenvalue weighted by atomic mass is 16.5. The fourth-order valence-corrected chi connectivity index (χ4v) is 0.989. The van der Waals surface area contributed by atoms with Crippen LogP contribution in [-0.2, 0) is 9.53 Å². The molecule has 1 aliphatic heterocycles. The van der Waals surface area contributed by atoms with Crippen LogP contribution in [0.5, 0.6) is 0 Å². The summed E-state index contributed by atoms with van der Waals surface area (Å²) in [5, 5.41) is 0. The van der Waals surface area contributed by atoms with Gasteiger partial charge in [0, 0.05) is 20.2 Å². The number of rotatable bonds is 3. The monoisotopic (exact) mass is 156 g/mol. The SMILES string of the molecule is C=NC1CN(C(=O)COC)C1. The molecule has 1 aliphatic rings. The molecule has 0 aromatic carbocycles. The van der Waals surface area contributed by atoms with Gasteiger partial charge in [-0.15, -0.1) is 0 Å². The van der Waals surface area contributed by atoms with Gasteiger partial charge in [-0.05, 0) is 6.72 Å². The largest absolute Gasteiger partial charge is 0.375 e. The van der Waals surface area contributed by atoms with Crippen LogP contribution in [0.15, 0.2) is 4.99 Å². The Morgan fingerprint density at radius 3 is 2.91 bits per heavy atom. The van der Waals surface area contributed by atoms with Crippen molar-refractivity contribution in [1.29, 1.82) is 0 Å². The minimum atomic E-state index is 0.0346. The molecule has 0 aromatic heterocycles. The Hall–Kier alpha value is -0.900. The van der Waals surface area contributed by atoms with Crippen molar-refractivity contribution in [2.24, 2.45) is 4.99 Å². The summed E-state index contributed by atoms with van der Waals surface area (Å²) in [6.07, 6.45) is 0. The van der Waals surface area contributed by atoms with E-state index in [0.29, 0.717) is 13.1 Å². The molecule has 0 saturated carbocycles. The highest BCUT2D eigenvalue weighted by Crippen LogP contribution is 2.10. The summed E-state index contributed by atoms with van der Waals surface area (Å²) < 4.78 is 4.69. The molecule has 1 fully saturated rings. The van der Waals surface area contributed by atoms with Crippen LogP contribution in [0, 0.1) is 0 Å². The van der Waals surface area contributed by atoms with Crippen LogP contribution < -0.4 is 0 Å². The first kappa shape index (κ1) is 8.20. The summed E-state index contributed by atoms with van der Waals surface area (Å²) in [5.41, 5.74) is 0. The van der Waals surface area contributed by atoms with E-state index in [9.17, 15) is 4.79 Å². The van der Waals surface area contributed by atoms with E-state index in [2.05, 4.69) is 11.7 Å². The average molecular weight is 156 g/mol. The second-order valence-corrected chi connectivity index (χ2v) is 2.57. The molecule has 4 nitrogen and oxygen atoms in total. The first-order valence-corrected chi connectivity index (χ1v) is 3.50. The van der Waals surface area contributed by atoms with E-state index in [1.165, 1.54) is 7.11 Å². The number of amides is 1. The number of hydrogen-bond acceptors (Lipinski definition) is 3. The maximum absolute atomic E-state index is 11.0. The number of carbonyl (C=O) groups is 1. The highest BCUT2D eigenvalue weighted by molar-refractivity contribution is 5.78. The second kappa shape index (κ2) is 3.48. The number of ether oxygens (including phenoxy) is 1. The van der Waals surface area contributed by atoms with Crippen LogP contribution in [0.1, 0.15) is 0 Å². The molecular weight excluding hydrogens is 144 g/mol. The molecule has 0 spiro atoms. The number of hydrogen-bond donors (Lipinski definition) is 0. The van der Waals surface area contributed by atoms with Crippen molar-refractivity contribution in [2.75, 3.05) is 26.8 Å². The number of carbonyl (C=O) groups excluding carboxylic acids is 1. The van der Waals surface area contributed by atoms with Crippen LogP contribution in [-0.4, -0.2) is 50.4 Å². The van der Waals surface area contributed by atoms with Gasteiger partial charge >= 0.3 is 0 Å². The van der Waals surface area contributed by atoms with E-state index >= 15 is 0 Å². The smallest absolute Gasteiger partial charge is 0.248 e. The first-order valence-electron chi connectivity index (χ1n) is 3.50. The van der Waals surface area contributed by atoms with E-state index in [1.54, 1.807) is 4.90 Å². The third-order valence-electron chi connectivity index (χ3n) is 1.74. The fraction of sp³-hybridized carbons (Fsp3) is 0.714. The van der Waals surface area contributed by atoms with Gasteiger partial charge in [0.15, 0.2) is 0 Å². The third-order valence-corrected chi connectivity index (χ3v) is 1.74. The zero-order valence-corrected chi connectivity index (χ0v) is 6.62. The topological polar surface area (TPSA) is 41.9 Å². The van der Waals surface area contributed by atoms with Crippen LogP contribution in [0.2, 0.25) is 0 Å². The summed E-state index contributed by atoms with van der Waals surface area (Å²) in [4.78, 5) is 16.5. The van der Waals surface area contributed by atoms with Crippen LogP contribution in [0.3, 0.4) is 0 Å². The van der Waals surface area contributed by atoms with Crippen molar-refractivity contribution in [1.82, 2.24) is 4.90 Å². The van der Waals surface area contributed by atoms with Crippen molar-refractivity contribution in [3.8, 4) is 0 Å². The number of nitrogens with zero attached hydrogens (tertiary/aromatic N) is 2. The van der Waals surface area contributed by atoms with E-state index in [4.69, 9.17) is 4.74 Å². The molecule has 1 amide bonds. The molecule has 0 bridgehead atoms. The molecule has 1 heterocycles. The van der Waals surface area contributed by atoms with Gasteiger partial charge < -0.3 is 9.64 Å². The van der Waals surface area contributed by atoms with Gasteiger partial charge in [-0.3, -0.25) is 9.79 Å². The lowest BCUT2D eigenvalue weighted by atomic mass is 10.1. The molecule has 0 atom stereocenters. The van der Waals surface area contributed by atoms with Gasteiger partial charge in [-0.2, -0.15) is 0 Å². The predicted octanol–water partition coefficient (Wildman–Crippen LogP) is -0.456. The molecule has 4 heteroatoms. The molecule has 0 aliphatic carbocycles. The summed E-state index contributed by atoms with van der Waals surface area (Å²) in [6, 6.07) is 0.246. The van der Waals surface area contributed by atoms with E-state index in [1.807, 2.05) is 0 Å². The third kappa shape index (κ3) is 1.77. The van der Waals surface area contributed by atoms with Crippen molar-refractivity contribution in [3.63, 3.8) is 0 Å². The standard InChI is InChI=1S/C7H12N2O2/c1-8-6-3-9(4-6)7(10)5-11-2/h6H,1,3-5H2,2H3. The van der Waals surface area contributed by atoms with E-state index < -0.39 is 0 Å². The van der Waals surface area contributed by atoms with Crippen molar-refractivity contribution in [2.45, 2.75) is 6.04 Å². The molecule has 11 heavy (non-hydrogen) atoms. The van der Waals surface area contributed by atoms with Gasteiger partial charge in [-0.25, -0.2) is 0 Å². The van der Waals surface area contributed by atoms with Crippen LogP contribution in [0.25, 0.3) is 0 Å². The molecule has 0 N–H and O–H groups in total. The molecule has 62 valence electrons. The number of likely N-dealkylation sites (tertiary alicyclic amines) is 1. The highest BCUT2D eigenvalue weighted by Gasteiger charge is 2.28. The minimum absolute atomic E-state index is 0.0346. The first-order chi connectivity index (χ1) is 5.27. The van der Waals surface area contributed by atoms with Crippen molar-refractivity contribution >= 4 is 12.6 Å². The summed E-state index contributed by atoms with van der Waals surface area (Å²) >= 11 is 0. The Labute approximate surface area is 65.9 Å². The molecular formula is C7H12N2O2. The van der Waals surface area contributed by atoms with E-state index in [-0.39, 0.29) is 18.6 Å². The normalized spacial score (nSPS) is 17.7. The number of methoxy groups -OCH3 is 1. The lowest BCUT2D eigenvalue weighted by Gasteiger charge is -2.36. The lowest BCUT2D eigenvalue weighted by molar-refractivity contribution is -0.139. The van der Waals surface area contributed by atoms with E-state index in [0.717, 1.165) is 0 Å². The zero-order chi connectivity index (χ0) is 8.27.